The minimum absolute atomic E-state index is 0.0445. The lowest BCUT2D eigenvalue weighted by Gasteiger charge is -2.05. The van der Waals surface area contributed by atoms with E-state index in [1.165, 1.54) is 0 Å². The molecule has 0 aliphatic carbocycles. The van der Waals surface area contributed by atoms with Crippen LogP contribution in [0.25, 0.3) is 0 Å². The fourth-order valence-corrected chi connectivity index (χ4v) is 2.49. The Kier molecular flexibility index (Phi) is 4.71. The Morgan fingerprint density at radius 3 is 2.89 bits per heavy atom. The smallest absolute Gasteiger partial charge is 0.228 e. The molecular formula is C13H10BrIN2O. The highest BCUT2D eigenvalue weighted by Gasteiger charge is 2.05. The van der Waals surface area contributed by atoms with Crippen molar-refractivity contribution in [2.45, 2.75) is 6.42 Å². The van der Waals surface area contributed by atoms with Gasteiger partial charge in [0, 0.05) is 14.2 Å². The highest BCUT2D eigenvalue weighted by Crippen LogP contribution is 2.14. The lowest BCUT2D eigenvalue weighted by Crippen LogP contribution is -2.14. The fraction of sp³-hybridized carbons (Fsp3) is 0.0769. The topological polar surface area (TPSA) is 42.0 Å². The molecule has 0 aliphatic rings. The number of nitrogens with one attached hydrogen (secondary N) is 1. The average Bonchev–Trinajstić information content (AvgIpc) is 2.28. The third-order valence-electron chi connectivity index (χ3n) is 2.24. The van der Waals surface area contributed by atoms with Crippen LogP contribution >= 0.6 is 38.5 Å². The molecule has 0 fully saturated rings. The first kappa shape index (κ1) is 13.5. The number of carbonyl (C=O) groups is 1. The first-order chi connectivity index (χ1) is 8.63. The van der Waals surface area contributed by atoms with Gasteiger partial charge in [0.05, 0.1) is 18.3 Å². The zero-order valence-electron chi connectivity index (χ0n) is 9.36. The van der Waals surface area contributed by atoms with Gasteiger partial charge in [0.25, 0.3) is 0 Å². The van der Waals surface area contributed by atoms with E-state index in [9.17, 15) is 4.79 Å². The van der Waals surface area contributed by atoms with Crippen molar-refractivity contribution in [3.05, 3.63) is 56.3 Å². The van der Waals surface area contributed by atoms with Gasteiger partial charge in [0.1, 0.15) is 0 Å². The molecule has 0 saturated carbocycles. The maximum Gasteiger partial charge on any atom is 0.228 e. The van der Waals surface area contributed by atoms with Crippen molar-refractivity contribution in [2.75, 3.05) is 5.32 Å². The normalized spacial score (nSPS) is 10.1. The minimum Gasteiger partial charge on any atom is -0.324 e. The van der Waals surface area contributed by atoms with E-state index in [4.69, 9.17) is 0 Å². The summed E-state index contributed by atoms with van der Waals surface area (Å²) >= 11 is 5.55. The standard InChI is InChI=1S/C13H10BrIN2O/c14-10-6-12(8-16-7-10)17-13(18)5-9-2-1-3-11(15)4-9/h1-4,6-8H,5H2,(H,17,18). The molecule has 0 atom stereocenters. The van der Waals surface area contributed by atoms with Gasteiger partial charge in [-0.3, -0.25) is 9.78 Å². The van der Waals surface area contributed by atoms with Crippen molar-refractivity contribution >= 4 is 50.1 Å². The largest absolute Gasteiger partial charge is 0.324 e. The van der Waals surface area contributed by atoms with Crippen molar-refractivity contribution in [1.82, 2.24) is 4.98 Å². The van der Waals surface area contributed by atoms with Gasteiger partial charge in [-0.2, -0.15) is 0 Å². The number of anilines is 1. The van der Waals surface area contributed by atoms with E-state index < -0.39 is 0 Å². The molecule has 1 amide bonds. The molecule has 1 heterocycles. The third-order valence-corrected chi connectivity index (χ3v) is 3.35. The second-order valence-corrected chi connectivity index (χ2v) is 5.91. The van der Waals surface area contributed by atoms with Crippen LogP contribution in [0.2, 0.25) is 0 Å². The van der Waals surface area contributed by atoms with Crippen LogP contribution < -0.4 is 5.32 Å². The van der Waals surface area contributed by atoms with Gasteiger partial charge < -0.3 is 5.32 Å². The average molecular weight is 417 g/mol. The molecule has 0 aliphatic heterocycles. The Morgan fingerprint density at radius 2 is 2.17 bits per heavy atom. The molecule has 2 aromatic rings. The quantitative estimate of drug-likeness (QED) is 0.776. The van der Waals surface area contributed by atoms with E-state index in [2.05, 4.69) is 48.8 Å². The van der Waals surface area contributed by atoms with Gasteiger partial charge in [-0.05, 0) is 62.3 Å². The lowest BCUT2D eigenvalue weighted by molar-refractivity contribution is -0.115. The molecule has 0 unspecified atom stereocenters. The Morgan fingerprint density at radius 1 is 1.33 bits per heavy atom. The van der Waals surface area contributed by atoms with Gasteiger partial charge >= 0.3 is 0 Å². The first-order valence-corrected chi connectivity index (χ1v) is 7.15. The van der Waals surface area contributed by atoms with Crippen LogP contribution in [0.4, 0.5) is 5.69 Å². The maximum atomic E-state index is 11.8. The van der Waals surface area contributed by atoms with Crippen LogP contribution in [0.15, 0.2) is 47.2 Å². The fourth-order valence-electron chi connectivity index (χ4n) is 1.52. The van der Waals surface area contributed by atoms with Gasteiger partial charge in [0.2, 0.25) is 5.91 Å². The van der Waals surface area contributed by atoms with Crippen molar-refractivity contribution in [1.29, 1.82) is 0 Å². The van der Waals surface area contributed by atoms with Gasteiger partial charge in [-0.15, -0.1) is 0 Å². The summed E-state index contributed by atoms with van der Waals surface area (Å²) < 4.78 is 1.97. The number of nitrogens with zero attached hydrogens (tertiary/aromatic N) is 1. The number of amides is 1. The summed E-state index contributed by atoms with van der Waals surface area (Å²) in [5.41, 5.74) is 1.70. The van der Waals surface area contributed by atoms with Gasteiger partial charge in [0.15, 0.2) is 0 Å². The Labute approximate surface area is 127 Å². The highest BCUT2D eigenvalue weighted by molar-refractivity contribution is 14.1. The SMILES string of the molecule is O=C(Cc1cccc(I)c1)Nc1cncc(Br)c1. The summed E-state index contributed by atoms with van der Waals surface area (Å²) in [5, 5.41) is 2.82. The lowest BCUT2D eigenvalue weighted by atomic mass is 10.1. The maximum absolute atomic E-state index is 11.8. The molecule has 0 bridgehead atoms. The number of aromatic nitrogens is 1. The zero-order chi connectivity index (χ0) is 13.0. The summed E-state index contributed by atoms with van der Waals surface area (Å²) in [6, 6.07) is 9.71. The molecule has 92 valence electrons. The number of halogens is 2. The molecule has 2 rings (SSSR count). The van der Waals surface area contributed by atoms with E-state index in [1.807, 2.05) is 30.3 Å². The summed E-state index contributed by atoms with van der Waals surface area (Å²) in [4.78, 5) is 15.8. The number of rotatable bonds is 3. The molecule has 1 aromatic heterocycles. The highest BCUT2D eigenvalue weighted by atomic mass is 127. The van der Waals surface area contributed by atoms with Crippen LogP contribution in [-0.2, 0) is 11.2 Å². The molecule has 5 heteroatoms. The molecular weight excluding hydrogens is 407 g/mol. The number of carbonyl (C=O) groups excluding carboxylic acids is 1. The van der Waals surface area contributed by atoms with Crippen LogP contribution in [0.3, 0.4) is 0 Å². The van der Waals surface area contributed by atoms with Gasteiger partial charge in [-0.25, -0.2) is 0 Å². The summed E-state index contributed by atoms with van der Waals surface area (Å²) in [5.74, 6) is -0.0445. The second-order valence-electron chi connectivity index (χ2n) is 3.75. The Hall–Kier alpha value is -0.950. The number of hydrogen-bond donors (Lipinski definition) is 1. The van der Waals surface area contributed by atoms with Crippen molar-refractivity contribution in [3.8, 4) is 0 Å². The molecule has 18 heavy (non-hydrogen) atoms. The van der Waals surface area contributed by atoms with E-state index in [1.54, 1.807) is 12.4 Å². The molecule has 3 nitrogen and oxygen atoms in total. The van der Waals surface area contributed by atoms with Crippen LogP contribution in [0.1, 0.15) is 5.56 Å². The Bertz CT molecular complexity index is 525. The van der Waals surface area contributed by atoms with Crippen molar-refractivity contribution < 1.29 is 4.79 Å². The predicted molar refractivity (Wildman–Crippen MR) is 83.4 cm³/mol. The third kappa shape index (κ3) is 4.06. The second kappa shape index (κ2) is 6.29. The first-order valence-electron chi connectivity index (χ1n) is 5.28. The van der Waals surface area contributed by atoms with Crippen LogP contribution in [0, 0.1) is 3.57 Å². The molecule has 0 spiro atoms. The van der Waals surface area contributed by atoms with Crippen LogP contribution in [-0.4, -0.2) is 10.9 Å². The summed E-state index contributed by atoms with van der Waals surface area (Å²) in [6.45, 7) is 0. The predicted octanol–water partition coefficient (Wildman–Crippen LogP) is 3.63. The van der Waals surface area contributed by atoms with E-state index in [-0.39, 0.29) is 5.91 Å². The van der Waals surface area contributed by atoms with Crippen LogP contribution in [0.5, 0.6) is 0 Å². The van der Waals surface area contributed by atoms with E-state index >= 15 is 0 Å². The minimum atomic E-state index is -0.0445. The molecule has 1 aromatic carbocycles. The van der Waals surface area contributed by atoms with E-state index in [0.717, 1.165) is 13.6 Å². The van der Waals surface area contributed by atoms with Crippen molar-refractivity contribution in [3.63, 3.8) is 0 Å². The Balaban J connectivity index is 2.01. The molecule has 0 saturated heterocycles. The van der Waals surface area contributed by atoms with Gasteiger partial charge in [-0.1, -0.05) is 12.1 Å². The zero-order valence-corrected chi connectivity index (χ0v) is 13.1. The van der Waals surface area contributed by atoms with Crippen molar-refractivity contribution in [2.24, 2.45) is 0 Å². The molecule has 1 N–H and O–H groups in total. The summed E-state index contributed by atoms with van der Waals surface area (Å²) in [7, 11) is 0. The number of hydrogen-bond acceptors (Lipinski definition) is 2. The monoisotopic (exact) mass is 416 g/mol. The van der Waals surface area contributed by atoms with E-state index in [0.29, 0.717) is 12.1 Å². The number of benzene rings is 1. The summed E-state index contributed by atoms with van der Waals surface area (Å²) in [6.07, 6.45) is 3.66. The number of pyridine rings is 1. The molecule has 0 radical (unpaired) electrons.